The molecule has 2 heterocycles. The van der Waals surface area contributed by atoms with Gasteiger partial charge in [0.15, 0.2) is 0 Å². The topological polar surface area (TPSA) is 86.5 Å². The lowest BCUT2D eigenvalue weighted by Gasteiger charge is -2.36. The second kappa shape index (κ2) is 9.09. The highest BCUT2D eigenvalue weighted by Gasteiger charge is 2.41. The summed E-state index contributed by atoms with van der Waals surface area (Å²) in [5.41, 5.74) is 1.23. The largest absolute Gasteiger partial charge is 0.494 e. The Kier molecular flexibility index (Phi) is 6.09. The molecule has 0 spiro atoms. The summed E-state index contributed by atoms with van der Waals surface area (Å²) in [4.78, 5) is 17.6. The monoisotopic (exact) mass is 407 g/mol. The molecule has 7 nitrogen and oxygen atoms in total. The van der Waals surface area contributed by atoms with Crippen LogP contribution in [0.1, 0.15) is 31.2 Å². The van der Waals surface area contributed by atoms with Crippen LogP contribution < -0.4 is 10.1 Å². The lowest BCUT2D eigenvalue weighted by atomic mass is 9.73. The van der Waals surface area contributed by atoms with Gasteiger partial charge in [-0.3, -0.25) is 4.79 Å². The zero-order chi connectivity index (χ0) is 20.8. The predicted octanol–water partition coefficient (Wildman–Crippen LogP) is 3.50. The lowest BCUT2D eigenvalue weighted by molar-refractivity contribution is -0.130. The maximum Gasteiger partial charge on any atom is 0.246 e. The Hall–Kier alpha value is -3.19. The Balaban J connectivity index is 1.44. The maximum absolute atomic E-state index is 13.2. The number of nitrogens with one attached hydrogen (secondary N) is 1. The van der Waals surface area contributed by atoms with Crippen LogP contribution in [-0.4, -0.2) is 35.9 Å². The zero-order valence-corrected chi connectivity index (χ0v) is 17.0. The van der Waals surface area contributed by atoms with Gasteiger partial charge in [-0.15, -0.1) is 0 Å². The number of hydrogen-bond acceptors (Lipinski definition) is 6. The number of ether oxygens (including phenoxy) is 2. The molecule has 4 rings (SSSR count). The third-order valence-corrected chi connectivity index (χ3v) is 5.40. The molecule has 0 aliphatic carbocycles. The van der Waals surface area contributed by atoms with Gasteiger partial charge in [0, 0.05) is 18.8 Å². The molecule has 1 N–H and O–H groups in total. The molecule has 7 heteroatoms. The molecule has 0 saturated carbocycles. The minimum atomic E-state index is -0.600. The van der Waals surface area contributed by atoms with Gasteiger partial charge in [0.1, 0.15) is 5.75 Å². The summed E-state index contributed by atoms with van der Waals surface area (Å²) in [6, 6.07) is 17.4. The smallest absolute Gasteiger partial charge is 0.246 e. The number of benzene rings is 2. The second-order valence-corrected chi connectivity index (χ2v) is 7.21. The van der Waals surface area contributed by atoms with E-state index in [2.05, 4.69) is 15.5 Å². The highest BCUT2D eigenvalue weighted by molar-refractivity contribution is 5.88. The minimum absolute atomic E-state index is 0.0437. The summed E-state index contributed by atoms with van der Waals surface area (Å²) in [6.45, 7) is 3.85. The molecule has 1 aliphatic rings. The number of amides is 1. The van der Waals surface area contributed by atoms with E-state index in [1.54, 1.807) is 0 Å². The fourth-order valence-electron chi connectivity index (χ4n) is 3.76. The second-order valence-electron chi connectivity index (χ2n) is 7.21. The molecule has 30 heavy (non-hydrogen) atoms. The van der Waals surface area contributed by atoms with Crippen LogP contribution in [0, 0.1) is 0 Å². The van der Waals surface area contributed by atoms with Crippen molar-refractivity contribution >= 4 is 5.91 Å². The van der Waals surface area contributed by atoms with Gasteiger partial charge in [0.25, 0.3) is 0 Å². The Bertz CT molecular complexity index is 964. The van der Waals surface area contributed by atoms with Crippen LogP contribution in [-0.2, 0) is 21.5 Å². The van der Waals surface area contributed by atoms with Crippen LogP contribution in [0.2, 0.25) is 0 Å². The van der Waals surface area contributed by atoms with Gasteiger partial charge in [-0.25, -0.2) is 0 Å². The third kappa shape index (κ3) is 4.21. The van der Waals surface area contributed by atoms with Crippen LogP contribution in [0.3, 0.4) is 0 Å². The van der Waals surface area contributed by atoms with Gasteiger partial charge in [0.05, 0.1) is 18.6 Å². The fourth-order valence-corrected chi connectivity index (χ4v) is 3.76. The molecule has 3 aromatic rings. The average molecular weight is 407 g/mol. The van der Waals surface area contributed by atoms with Gasteiger partial charge in [0.2, 0.25) is 17.6 Å². The summed E-state index contributed by atoms with van der Waals surface area (Å²) < 4.78 is 16.3. The first kappa shape index (κ1) is 20.1. The van der Waals surface area contributed by atoms with Crippen molar-refractivity contribution in [3.8, 4) is 17.1 Å². The standard InChI is InChI=1S/C23H25N3O4/c1-2-29-19-10-8-17(9-11-19)21-25-20(30-26-21)16-24-22(27)23(12-14-28-15-13-23)18-6-4-3-5-7-18/h3-11H,2,12-16H2,1H3,(H,24,27). The quantitative estimate of drug-likeness (QED) is 0.645. The van der Waals surface area contributed by atoms with E-state index in [1.807, 2.05) is 61.5 Å². The predicted molar refractivity (Wildman–Crippen MR) is 111 cm³/mol. The van der Waals surface area contributed by atoms with Gasteiger partial charge in [-0.1, -0.05) is 35.5 Å². The first-order valence-electron chi connectivity index (χ1n) is 10.2. The maximum atomic E-state index is 13.2. The van der Waals surface area contributed by atoms with E-state index in [-0.39, 0.29) is 12.5 Å². The van der Waals surface area contributed by atoms with Crippen molar-refractivity contribution in [3.05, 3.63) is 66.1 Å². The Morgan fingerprint density at radius 3 is 2.53 bits per heavy atom. The molecule has 0 atom stereocenters. The summed E-state index contributed by atoms with van der Waals surface area (Å²) in [5, 5.41) is 7.02. The number of carbonyl (C=O) groups excluding carboxylic acids is 1. The van der Waals surface area contributed by atoms with Crippen molar-refractivity contribution in [1.29, 1.82) is 0 Å². The minimum Gasteiger partial charge on any atom is -0.494 e. The summed E-state index contributed by atoms with van der Waals surface area (Å²) in [6.07, 6.45) is 1.29. The van der Waals surface area contributed by atoms with E-state index >= 15 is 0 Å². The summed E-state index contributed by atoms with van der Waals surface area (Å²) in [5.74, 6) is 1.59. The van der Waals surface area contributed by atoms with E-state index in [0.717, 1.165) is 16.9 Å². The van der Waals surface area contributed by atoms with Crippen molar-refractivity contribution < 1.29 is 18.8 Å². The molecule has 2 aromatic carbocycles. The fraction of sp³-hybridized carbons (Fsp3) is 0.348. The zero-order valence-electron chi connectivity index (χ0n) is 17.0. The Morgan fingerprint density at radius 2 is 1.83 bits per heavy atom. The lowest BCUT2D eigenvalue weighted by Crippen LogP contribution is -2.47. The van der Waals surface area contributed by atoms with Crippen molar-refractivity contribution in [2.45, 2.75) is 31.7 Å². The molecule has 0 radical (unpaired) electrons. The van der Waals surface area contributed by atoms with E-state index in [4.69, 9.17) is 14.0 Å². The number of carbonyl (C=O) groups is 1. The summed E-state index contributed by atoms with van der Waals surface area (Å²) >= 11 is 0. The van der Waals surface area contributed by atoms with E-state index in [0.29, 0.717) is 44.4 Å². The Labute approximate surface area is 175 Å². The Morgan fingerprint density at radius 1 is 1.10 bits per heavy atom. The third-order valence-electron chi connectivity index (χ3n) is 5.40. The van der Waals surface area contributed by atoms with Crippen LogP contribution in [0.25, 0.3) is 11.4 Å². The van der Waals surface area contributed by atoms with E-state index in [9.17, 15) is 4.79 Å². The number of hydrogen-bond donors (Lipinski definition) is 1. The number of nitrogens with zero attached hydrogens (tertiary/aromatic N) is 2. The highest BCUT2D eigenvalue weighted by atomic mass is 16.5. The molecule has 0 unspecified atom stereocenters. The molecular formula is C23H25N3O4. The molecule has 1 aromatic heterocycles. The van der Waals surface area contributed by atoms with Crippen molar-refractivity contribution in [1.82, 2.24) is 15.5 Å². The van der Waals surface area contributed by atoms with Crippen LogP contribution in [0.15, 0.2) is 59.1 Å². The van der Waals surface area contributed by atoms with Crippen LogP contribution >= 0.6 is 0 Å². The SMILES string of the molecule is CCOc1ccc(-c2noc(CNC(=O)C3(c4ccccc4)CCOCC3)n2)cc1. The number of rotatable bonds is 7. The van der Waals surface area contributed by atoms with Crippen LogP contribution in [0.4, 0.5) is 0 Å². The molecule has 156 valence electrons. The number of aromatic nitrogens is 2. The van der Waals surface area contributed by atoms with E-state index < -0.39 is 5.41 Å². The van der Waals surface area contributed by atoms with Gasteiger partial charge < -0.3 is 19.3 Å². The van der Waals surface area contributed by atoms with Crippen molar-refractivity contribution in [3.63, 3.8) is 0 Å². The normalized spacial score (nSPS) is 15.5. The summed E-state index contributed by atoms with van der Waals surface area (Å²) in [7, 11) is 0. The highest BCUT2D eigenvalue weighted by Crippen LogP contribution is 2.35. The first-order chi connectivity index (χ1) is 14.7. The molecule has 1 fully saturated rings. The van der Waals surface area contributed by atoms with Gasteiger partial charge >= 0.3 is 0 Å². The average Bonchev–Trinajstić information content (AvgIpc) is 3.28. The van der Waals surface area contributed by atoms with Crippen LogP contribution in [0.5, 0.6) is 5.75 Å². The molecule has 1 saturated heterocycles. The van der Waals surface area contributed by atoms with Crippen molar-refractivity contribution in [2.24, 2.45) is 0 Å². The van der Waals surface area contributed by atoms with Gasteiger partial charge in [-0.2, -0.15) is 4.98 Å². The molecule has 1 amide bonds. The van der Waals surface area contributed by atoms with Crippen molar-refractivity contribution in [2.75, 3.05) is 19.8 Å². The molecule has 0 bridgehead atoms. The molecule has 1 aliphatic heterocycles. The van der Waals surface area contributed by atoms with Gasteiger partial charge in [-0.05, 0) is 49.6 Å². The molecular weight excluding hydrogens is 382 g/mol. The first-order valence-corrected chi connectivity index (χ1v) is 10.2. The van der Waals surface area contributed by atoms with E-state index in [1.165, 1.54) is 0 Å².